The maximum absolute atomic E-state index is 11.4. The van der Waals surface area contributed by atoms with E-state index in [1.54, 1.807) is 18.2 Å². The van der Waals surface area contributed by atoms with Crippen molar-refractivity contribution in [2.24, 2.45) is 11.7 Å². The Morgan fingerprint density at radius 1 is 1.24 bits per heavy atom. The highest BCUT2D eigenvalue weighted by Crippen LogP contribution is 2.21. The number of hydrogen-bond acceptors (Lipinski definition) is 3. The molecule has 0 saturated carbocycles. The molecule has 0 aliphatic carbocycles. The van der Waals surface area contributed by atoms with Crippen molar-refractivity contribution in [3.05, 3.63) is 29.8 Å². The second kappa shape index (κ2) is 5.65. The predicted octanol–water partition coefficient (Wildman–Crippen LogP) is 2.53. The molecule has 1 aromatic carbocycles. The molecule has 96 valence electrons. The number of sulfone groups is 1. The molecule has 0 aromatic heterocycles. The Balaban J connectivity index is 2.85. The van der Waals surface area contributed by atoms with Gasteiger partial charge in [-0.25, -0.2) is 8.42 Å². The van der Waals surface area contributed by atoms with Crippen LogP contribution in [0.2, 0.25) is 0 Å². The zero-order chi connectivity index (χ0) is 13.1. The minimum absolute atomic E-state index is 0.0842. The van der Waals surface area contributed by atoms with Crippen LogP contribution in [0.15, 0.2) is 29.2 Å². The van der Waals surface area contributed by atoms with Crippen LogP contribution in [0.4, 0.5) is 0 Å². The number of hydrogen-bond donors (Lipinski definition) is 1. The summed E-state index contributed by atoms with van der Waals surface area (Å²) in [5, 5.41) is 0. The zero-order valence-electron chi connectivity index (χ0n) is 10.7. The van der Waals surface area contributed by atoms with E-state index >= 15 is 0 Å². The Kier molecular flexibility index (Phi) is 4.71. The quantitative estimate of drug-likeness (QED) is 0.879. The van der Waals surface area contributed by atoms with Gasteiger partial charge >= 0.3 is 0 Å². The van der Waals surface area contributed by atoms with Crippen molar-refractivity contribution in [2.45, 2.75) is 37.6 Å². The maximum Gasteiger partial charge on any atom is 0.175 e. The molecular weight excluding hydrogens is 234 g/mol. The van der Waals surface area contributed by atoms with Crippen LogP contribution >= 0.6 is 0 Å². The maximum atomic E-state index is 11.4. The predicted molar refractivity (Wildman–Crippen MR) is 70.6 cm³/mol. The molecule has 0 heterocycles. The third-order valence-corrected chi connectivity index (χ3v) is 3.88. The molecule has 0 aliphatic rings. The van der Waals surface area contributed by atoms with Crippen LogP contribution in [-0.2, 0) is 9.84 Å². The van der Waals surface area contributed by atoms with Gasteiger partial charge in [0.05, 0.1) is 4.90 Å². The van der Waals surface area contributed by atoms with Gasteiger partial charge in [-0.3, -0.25) is 0 Å². The fourth-order valence-corrected chi connectivity index (χ4v) is 2.33. The molecule has 1 unspecified atom stereocenters. The van der Waals surface area contributed by atoms with Gasteiger partial charge in [0.2, 0.25) is 0 Å². The van der Waals surface area contributed by atoms with Crippen LogP contribution < -0.4 is 5.73 Å². The van der Waals surface area contributed by atoms with Gasteiger partial charge in [0.1, 0.15) is 0 Å². The van der Waals surface area contributed by atoms with Crippen molar-refractivity contribution in [2.75, 3.05) is 6.26 Å². The van der Waals surface area contributed by atoms with Crippen LogP contribution in [-0.4, -0.2) is 14.7 Å². The van der Waals surface area contributed by atoms with E-state index in [2.05, 4.69) is 13.8 Å². The molecule has 0 fully saturated rings. The lowest BCUT2D eigenvalue weighted by Gasteiger charge is -2.14. The second-order valence-electron chi connectivity index (χ2n) is 4.92. The van der Waals surface area contributed by atoms with E-state index in [9.17, 15) is 8.42 Å². The van der Waals surface area contributed by atoms with Gasteiger partial charge in [0.25, 0.3) is 0 Å². The normalized spacial score (nSPS) is 13.9. The Morgan fingerprint density at radius 3 is 2.41 bits per heavy atom. The molecule has 0 saturated heterocycles. The fraction of sp³-hybridized carbons (Fsp3) is 0.538. The minimum Gasteiger partial charge on any atom is -0.324 e. The van der Waals surface area contributed by atoms with Gasteiger partial charge in [0.15, 0.2) is 9.84 Å². The van der Waals surface area contributed by atoms with Crippen molar-refractivity contribution in [3.63, 3.8) is 0 Å². The Bertz CT molecular complexity index is 466. The molecule has 0 radical (unpaired) electrons. The molecule has 17 heavy (non-hydrogen) atoms. The third kappa shape index (κ3) is 4.48. The molecule has 1 atom stereocenters. The summed E-state index contributed by atoms with van der Waals surface area (Å²) < 4.78 is 22.9. The molecule has 0 spiro atoms. The average Bonchev–Trinajstić information content (AvgIpc) is 2.25. The lowest BCUT2D eigenvalue weighted by atomic mass is 9.98. The SMILES string of the molecule is CC(C)CCC(N)c1cccc(S(C)(=O)=O)c1. The summed E-state index contributed by atoms with van der Waals surface area (Å²) >= 11 is 0. The molecule has 3 nitrogen and oxygen atoms in total. The molecule has 0 aliphatic heterocycles. The number of nitrogens with two attached hydrogens (primary N) is 1. The van der Waals surface area contributed by atoms with Crippen LogP contribution in [0.25, 0.3) is 0 Å². The van der Waals surface area contributed by atoms with Crippen LogP contribution in [0, 0.1) is 5.92 Å². The van der Waals surface area contributed by atoms with Gasteiger partial charge in [-0.2, -0.15) is 0 Å². The molecule has 1 rings (SSSR count). The minimum atomic E-state index is -3.15. The standard InChI is InChI=1S/C13H21NO2S/c1-10(2)7-8-13(14)11-5-4-6-12(9-11)17(3,15)16/h4-6,9-10,13H,7-8,14H2,1-3H3. The summed E-state index contributed by atoms with van der Waals surface area (Å²) in [6.07, 6.45) is 3.14. The van der Waals surface area contributed by atoms with Crippen LogP contribution in [0.5, 0.6) is 0 Å². The monoisotopic (exact) mass is 255 g/mol. The fourth-order valence-electron chi connectivity index (χ4n) is 1.66. The van der Waals surface area contributed by atoms with E-state index in [0.29, 0.717) is 10.8 Å². The van der Waals surface area contributed by atoms with E-state index in [4.69, 9.17) is 5.73 Å². The highest BCUT2D eigenvalue weighted by molar-refractivity contribution is 7.90. The highest BCUT2D eigenvalue weighted by atomic mass is 32.2. The van der Waals surface area contributed by atoms with Crippen molar-refractivity contribution in [1.29, 1.82) is 0 Å². The Labute approximate surface area is 104 Å². The summed E-state index contributed by atoms with van der Waals surface area (Å²) in [6.45, 7) is 4.30. The van der Waals surface area contributed by atoms with Gasteiger partial charge in [-0.05, 0) is 36.5 Å². The second-order valence-corrected chi connectivity index (χ2v) is 6.94. The van der Waals surface area contributed by atoms with Crippen molar-refractivity contribution in [1.82, 2.24) is 0 Å². The molecule has 4 heteroatoms. The van der Waals surface area contributed by atoms with E-state index in [0.717, 1.165) is 18.4 Å². The van der Waals surface area contributed by atoms with E-state index in [-0.39, 0.29) is 6.04 Å². The number of rotatable bonds is 5. The van der Waals surface area contributed by atoms with Crippen molar-refractivity contribution in [3.8, 4) is 0 Å². The van der Waals surface area contributed by atoms with E-state index in [1.165, 1.54) is 6.26 Å². The summed E-state index contributed by atoms with van der Waals surface area (Å²) in [5.74, 6) is 0.610. The average molecular weight is 255 g/mol. The van der Waals surface area contributed by atoms with Gasteiger partial charge in [-0.15, -0.1) is 0 Å². The van der Waals surface area contributed by atoms with Crippen molar-refractivity contribution < 1.29 is 8.42 Å². The molecular formula is C13H21NO2S. The summed E-state index contributed by atoms with van der Waals surface area (Å²) in [5.41, 5.74) is 6.96. The lowest BCUT2D eigenvalue weighted by Crippen LogP contribution is -2.12. The first-order chi connectivity index (χ1) is 7.80. The highest BCUT2D eigenvalue weighted by Gasteiger charge is 2.11. The van der Waals surface area contributed by atoms with E-state index in [1.807, 2.05) is 6.07 Å². The van der Waals surface area contributed by atoms with Gasteiger partial charge in [-0.1, -0.05) is 26.0 Å². The summed E-state index contributed by atoms with van der Waals surface area (Å²) in [7, 11) is -3.15. The first-order valence-corrected chi connectivity index (χ1v) is 7.75. The number of benzene rings is 1. The van der Waals surface area contributed by atoms with Crippen LogP contribution in [0.1, 0.15) is 38.3 Å². The molecule has 0 bridgehead atoms. The van der Waals surface area contributed by atoms with Crippen LogP contribution in [0.3, 0.4) is 0 Å². The smallest absolute Gasteiger partial charge is 0.175 e. The van der Waals surface area contributed by atoms with Gasteiger partial charge < -0.3 is 5.73 Å². The topological polar surface area (TPSA) is 60.2 Å². The first kappa shape index (κ1) is 14.2. The molecule has 1 aromatic rings. The van der Waals surface area contributed by atoms with Gasteiger partial charge in [0, 0.05) is 12.3 Å². The lowest BCUT2D eigenvalue weighted by molar-refractivity contribution is 0.506. The van der Waals surface area contributed by atoms with E-state index < -0.39 is 9.84 Å². The largest absolute Gasteiger partial charge is 0.324 e. The summed E-state index contributed by atoms with van der Waals surface area (Å²) in [6, 6.07) is 6.84. The summed E-state index contributed by atoms with van der Waals surface area (Å²) in [4.78, 5) is 0.343. The molecule has 2 N–H and O–H groups in total. The Morgan fingerprint density at radius 2 is 1.88 bits per heavy atom. The zero-order valence-corrected chi connectivity index (χ0v) is 11.5. The van der Waals surface area contributed by atoms with Crippen molar-refractivity contribution >= 4 is 9.84 Å². The first-order valence-electron chi connectivity index (χ1n) is 5.86. The Hall–Kier alpha value is -0.870. The molecule has 0 amide bonds. The third-order valence-electron chi connectivity index (χ3n) is 2.77.